The highest BCUT2D eigenvalue weighted by atomic mass is 35.5. The van der Waals surface area contributed by atoms with Gasteiger partial charge in [-0.3, -0.25) is 4.79 Å². The zero-order valence-electron chi connectivity index (χ0n) is 19.5. The minimum atomic E-state index is -0.608. The van der Waals surface area contributed by atoms with Crippen LogP contribution in [0, 0.1) is 0 Å². The van der Waals surface area contributed by atoms with E-state index >= 15 is 0 Å². The van der Waals surface area contributed by atoms with Crippen LogP contribution < -0.4 is 29.1 Å². The Labute approximate surface area is 217 Å². The molecular formula is C25H22Cl2N2O7. The lowest BCUT2D eigenvalue weighted by molar-refractivity contribution is -0.123. The molecule has 1 N–H and O–H groups in total. The molecule has 0 radical (unpaired) electrons. The summed E-state index contributed by atoms with van der Waals surface area (Å²) in [5.74, 6) is 0.586. The summed E-state index contributed by atoms with van der Waals surface area (Å²) in [7, 11) is 4.38. The maximum Gasteiger partial charge on any atom is 0.343 e. The van der Waals surface area contributed by atoms with Crippen molar-refractivity contribution >= 4 is 41.3 Å². The van der Waals surface area contributed by atoms with E-state index in [0.29, 0.717) is 44.4 Å². The topological polar surface area (TPSA) is 105 Å². The van der Waals surface area contributed by atoms with Gasteiger partial charge in [0, 0.05) is 5.02 Å². The molecule has 3 aromatic rings. The lowest BCUT2D eigenvalue weighted by Gasteiger charge is -2.13. The molecule has 3 aromatic carbocycles. The fourth-order valence-corrected chi connectivity index (χ4v) is 3.40. The summed E-state index contributed by atoms with van der Waals surface area (Å²) >= 11 is 11.8. The predicted octanol–water partition coefficient (Wildman–Crippen LogP) is 4.77. The van der Waals surface area contributed by atoms with Crippen LogP contribution in [0.4, 0.5) is 0 Å². The second-order valence-electron chi connectivity index (χ2n) is 7.03. The van der Waals surface area contributed by atoms with E-state index in [1.165, 1.54) is 45.7 Å². The Balaban J connectivity index is 1.54. The van der Waals surface area contributed by atoms with Crippen LogP contribution in [0.25, 0.3) is 0 Å². The van der Waals surface area contributed by atoms with E-state index in [-0.39, 0.29) is 12.2 Å². The van der Waals surface area contributed by atoms with Gasteiger partial charge < -0.3 is 23.7 Å². The molecule has 0 atom stereocenters. The van der Waals surface area contributed by atoms with Crippen LogP contribution in [0.3, 0.4) is 0 Å². The highest BCUT2D eigenvalue weighted by Crippen LogP contribution is 2.38. The Hall–Kier alpha value is -3.95. The lowest BCUT2D eigenvalue weighted by atomic mass is 10.2. The molecule has 1 amide bonds. The summed E-state index contributed by atoms with van der Waals surface area (Å²) in [5.41, 5.74) is 3.23. The first-order valence-electron chi connectivity index (χ1n) is 10.4. The predicted molar refractivity (Wildman–Crippen MR) is 135 cm³/mol. The van der Waals surface area contributed by atoms with E-state index < -0.39 is 11.9 Å². The van der Waals surface area contributed by atoms with E-state index in [0.717, 1.165) is 0 Å². The smallest absolute Gasteiger partial charge is 0.343 e. The Morgan fingerprint density at radius 2 is 1.56 bits per heavy atom. The van der Waals surface area contributed by atoms with E-state index in [4.69, 9.17) is 46.9 Å². The maximum atomic E-state index is 12.6. The van der Waals surface area contributed by atoms with Gasteiger partial charge in [0.05, 0.1) is 38.1 Å². The van der Waals surface area contributed by atoms with E-state index in [2.05, 4.69) is 10.5 Å². The van der Waals surface area contributed by atoms with Crippen molar-refractivity contribution < 1.29 is 33.3 Å². The van der Waals surface area contributed by atoms with Gasteiger partial charge in [-0.05, 0) is 60.2 Å². The van der Waals surface area contributed by atoms with E-state index in [9.17, 15) is 9.59 Å². The molecule has 0 fully saturated rings. The van der Waals surface area contributed by atoms with Gasteiger partial charge in [-0.25, -0.2) is 10.2 Å². The number of carbonyl (C=O) groups excluding carboxylic acids is 2. The number of ether oxygens (including phenoxy) is 5. The minimum Gasteiger partial charge on any atom is -0.493 e. The van der Waals surface area contributed by atoms with Gasteiger partial charge in [0.2, 0.25) is 5.75 Å². The summed E-state index contributed by atoms with van der Waals surface area (Å²) in [6.07, 6.45) is 1.43. The average Bonchev–Trinajstić information content (AvgIpc) is 2.88. The number of carbonyl (C=O) groups is 2. The van der Waals surface area contributed by atoms with Gasteiger partial charge in [0.25, 0.3) is 5.91 Å². The number of nitrogens with one attached hydrogen (secondary N) is 1. The molecule has 11 heteroatoms. The van der Waals surface area contributed by atoms with Crippen molar-refractivity contribution in [1.29, 1.82) is 0 Å². The monoisotopic (exact) mass is 532 g/mol. The lowest BCUT2D eigenvalue weighted by Crippen LogP contribution is -2.24. The van der Waals surface area contributed by atoms with Gasteiger partial charge in [-0.2, -0.15) is 5.10 Å². The summed E-state index contributed by atoms with van der Waals surface area (Å²) in [6.45, 7) is -0.283. The zero-order valence-corrected chi connectivity index (χ0v) is 21.1. The Kier molecular flexibility index (Phi) is 9.38. The molecule has 0 spiro atoms. The number of nitrogens with zero attached hydrogens (tertiary/aromatic N) is 1. The van der Waals surface area contributed by atoms with Gasteiger partial charge >= 0.3 is 5.97 Å². The Morgan fingerprint density at radius 1 is 0.889 bits per heavy atom. The van der Waals surface area contributed by atoms with Crippen LogP contribution in [0.5, 0.6) is 28.7 Å². The summed E-state index contributed by atoms with van der Waals surface area (Å²) < 4.78 is 26.5. The van der Waals surface area contributed by atoms with E-state index in [1.54, 1.807) is 36.4 Å². The minimum absolute atomic E-state index is 0.222. The molecule has 0 saturated carbocycles. The first-order chi connectivity index (χ1) is 17.3. The van der Waals surface area contributed by atoms with Crippen molar-refractivity contribution in [2.75, 3.05) is 27.9 Å². The number of methoxy groups -OCH3 is 3. The molecule has 0 bridgehead atoms. The molecule has 36 heavy (non-hydrogen) atoms. The first kappa shape index (κ1) is 26.7. The largest absolute Gasteiger partial charge is 0.493 e. The number of hydrogen-bond donors (Lipinski definition) is 1. The molecule has 0 unspecified atom stereocenters. The molecule has 0 aliphatic heterocycles. The average molecular weight is 533 g/mol. The summed E-state index contributed by atoms with van der Waals surface area (Å²) in [5, 5.41) is 4.63. The number of benzene rings is 3. The van der Waals surface area contributed by atoms with E-state index in [1.807, 2.05) is 0 Å². The van der Waals surface area contributed by atoms with Crippen molar-refractivity contribution in [3.63, 3.8) is 0 Å². The fraction of sp³-hybridized carbons (Fsp3) is 0.160. The SMILES string of the molecule is COc1cc(C(=O)Oc2ccc(C=NNC(=O)COc3ccc(Cl)cc3Cl)cc2)cc(OC)c1OC. The number of amides is 1. The summed E-state index contributed by atoms with van der Waals surface area (Å²) in [6, 6.07) is 14.2. The van der Waals surface area contributed by atoms with Crippen molar-refractivity contribution in [2.24, 2.45) is 5.10 Å². The third-order valence-corrected chi connectivity index (χ3v) is 5.18. The molecule has 0 aromatic heterocycles. The third kappa shape index (κ3) is 7.03. The van der Waals surface area contributed by atoms with Crippen LogP contribution >= 0.6 is 23.2 Å². The third-order valence-electron chi connectivity index (χ3n) is 4.65. The first-order valence-corrected chi connectivity index (χ1v) is 11.1. The summed E-state index contributed by atoms with van der Waals surface area (Å²) in [4.78, 5) is 24.5. The van der Waals surface area contributed by atoms with Gasteiger partial charge in [-0.1, -0.05) is 23.2 Å². The quantitative estimate of drug-likeness (QED) is 0.173. The number of rotatable bonds is 10. The molecule has 0 aliphatic carbocycles. The molecule has 188 valence electrons. The number of hydrogen-bond acceptors (Lipinski definition) is 8. The maximum absolute atomic E-state index is 12.6. The molecule has 0 saturated heterocycles. The Morgan fingerprint density at radius 3 is 2.14 bits per heavy atom. The molecular weight excluding hydrogens is 511 g/mol. The normalized spacial score (nSPS) is 10.6. The van der Waals surface area contributed by atoms with Crippen molar-refractivity contribution in [3.05, 3.63) is 75.8 Å². The second kappa shape index (κ2) is 12.7. The molecule has 3 rings (SSSR count). The van der Waals surface area contributed by atoms with Crippen LogP contribution in [0.2, 0.25) is 10.0 Å². The second-order valence-corrected chi connectivity index (χ2v) is 7.87. The fourth-order valence-electron chi connectivity index (χ4n) is 2.93. The Bertz CT molecular complexity index is 1240. The van der Waals surface area contributed by atoms with Gasteiger partial charge in [-0.15, -0.1) is 0 Å². The molecule has 0 heterocycles. The van der Waals surface area contributed by atoms with Crippen molar-refractivity contribution in [1.82, 2.24) is 5.43 Å². The van der Waals surface area contributed by atoms with Gasteiger partial charge in [0.1, 0.15) is 11.5 Å². The highest BCUT2D eigenvalue weighted by Gasteiger charge is 2.18. The van der Waals surface area contributed by atoms with Crippen LogP contribution in [-0.2, 0) is 4.79 Å². The molecule has 0 aliphatic rings. The molecule has 9 nitrogen and oxygen atoms in total. The van der Waals surface area contributed by atoms with Crippen LogP contribution in [0.15, 0.2) is 59.7 Å². The van der Waals surface area contributed by atoms with Crippen molar-refractivity contribution in [3.8, 4) is 28.7 Å². The zero-order chi connectivity index (χ0) is 26.1. The van der Waals surface area contributed by atoms with Crippen LogP contribution in [-0.4, -0.2) is 46.0 Å². The number of hydrazone groups is 1. The standard InChI is InChI=1S/C25H22Cl2N2O7/c1-32-21-10-16(11-22(33-2)24(21)34-3)25(31)36-18-7-4-15(5-8-18)13-28-29-23(30)14-35-20-9-6-17(26)12-19(20)27/h4-13H,14H2,1-3H3,(H,29,30). The van der Waals surface area contributed by atoms with Crippen LogP contribution in [0.1, 0.15) is 15.9 Å². The van der Waals surface area contributed by atoms with Crippen molar-refractivity contribution in [2.45, 2.75) is 0 Å². The van der Waals surface area contributed by atoms with Gasteiger partial charge in [0.15, 0.2) is 18.1 Å². The number of esters is 1. The highest BCUT2D eigenvalue weighted by molar-refractivity contribution is 6.35. The number of halogens is 2.